The Hall–Kier alpha value is -3.97. The fourth-order valence-electron chi connectivity index (χ4n) is 4.51. The molecule has 0 saturated heterocycles. The van der Waals surface area contributed by atoms with E-state index in [0.29, 0.717) is 5.69 Å². The summed E-state index contributed by atoms with van der Waals surface area (Å²) in [5, 5.41) is 0. The highest BCUT2D eigenvalue weighted by Gasteiger charge is 2.42. The van der Waals surface area contributed by atoms with Gasteiger partial charge in [0.25, 0.3) is 0 Å². The van der Waals surface area contributed by atoms with Crippen LogP contribution in [0.1, 0.15) is 0 Å². The van der Waals surface area contributed by atoms with Gasteiger partial charge in [-0.05, 0) is 35.3 Å². The smallest absolute Gasteiger partial charge is 0.431 e. The van der Waals surface area contributed by atoms with Crippen LogP contribution < -0.4 is 20.5 Å². The number of para-hydroxylation sites is 4. The molecule has 0 saturated carbocycles. The molecule has 0 fully saturated rings. The largest absolute Gasteiger partial charge is 0.551 e. The van der Waals surface area contributed by atoms with E-state index in [1.54, 1.807) is 0 Å². The molecule has 4 heteroatoms. The van der Waals surface area contributed by atoms with Gasteiger partial charge < -0.3 is 9.55 Å². The standard InChI is InChI=1S/C25H15BN2O/c1-27-20-12-4-6-14-22(20)28-21-13-5-3-11-19(21)26-25-18(10-8-15-23(25)28)17-9-2-7-16-24(17)29-26/h2-16H. The van der Waals surface area contributed by atoms with Crippen molar-refractivity contribution in [2.75, 3.05) is 4.90 Å². The molecule has 6 rings (SSSR count). The predicted molar refractivity (Wildman–Crippen MR) is 118 cm³/mol. The molecule has 29 heavy (non-hydrogen) atoms. The SMILES string of the molecule is [C-]#[N+]c1ccccc1N1c2ccccc2B2Oc3ccccc3-c3cccc1c32. The van der Waals surface area contributed by atoms with Gasteiger partial charge in [0.1, 0.15) is 5.75 Å². The average Bonchev–Trinajstić information content (AvgIpc) is 2.79. The van der Waals surface area contributed by atoms with Gasteiger partial charge in [0.2, 0.25) is 5.69 Å². The lowest BCUT2D eigenvalue weighted by molar-refractivity contribution is 0.590. The first-order chi connectivity index (χ1) is 14.4. The lowest BCUT2D eigenvalue weighted by Gasteiger charge is -2.39. The molecule has 2 heterocycles. The Kier molecular flexibility index (Phi) is 3.33. The first-order valence-corrected chi connectivity index (χ1v) is 9.61. The molecule has 4 aromatic rings. The molecule has 2 aliphatic rings. The second-order valence-electron chi connectivity index (χ2n) is 7.23. The Morgan fingerprint density at radius 3 is 2.28 bits per heavy atom. The minimum absolute atomic E-state index is 0.163. The summed E-state index contributed by atoms with van der Waals surface area (Å²) in [6, 6.07) is 30.7. The summed E-state index contributed by atoms with van der Waals surface area (Å²) in [5.74, 6) is 0.909. The number of anilines is 3. The normalized spacial score (nSPS) is 12.9. The summed E-state index contributed by atoms with van der Waals surface area (Å²) in [6.45, 7) is 7.51. The van der Waals surface area contributed by atoms with Gasteiger partial charge >= 0.3 is 6.92 Å². The van der Waals surface area contributed by atoms with E-state index in [4.69, 9.17) is 11.2 Å². The van der Waals surface area contributed by atoms with Crippen molar-refractivity contribution < 1.29 is 4.65 Å². The van der Waals surface area contributed by atoms with Gasteiger partial charge in [0.05, 0.1) is 12.3 Å². The maximum Gasteiger partial charge on any atom is 0.431 e. The fraction of sp³-hybridized carbons (Fsp3) is 0. The zero-order chi connectivity index (χ0) is 19.4. The topological polar surface area (TPSA) is 16.8 Å². The number of benzene rings is 4. The highest BCUT2D eigenvalue weighted by Crippen LogP contribution is 2.44. The molecule has 0 bridgehead atoms. The van der Waals surface area contributed by atoms with Crippen molar-refractivity contribution in [3.8, 4) is 16.9 Å². The number of rotatable bonds is 1. The van der Waals surface area contributed by atoms with Crippen molar-refractivity contribution in [2.24, 2.45) is 0 Å². The summed E-state index contributed by atoms with van der Waals surface area (Å²) in [6.07, 6.45) is 0. The molecule has 0 N–H and O–H groups in total. The molecule has 0 radical (unpaired) electrons. The average molecular weight is 370 g/mol. The minimum atomic E-state index is -0.163. The molecule has 134 valence electrons. The molecular formula is C25H15BN2O. The molecule has 2 aliphatic heterocycles. The fourth-order valence-corrected chi connectivity index (χ4v) is 4.51. The molecule has 0 aliphatic carbocycles. The van der Waals surface area contributed by atoms with Crippen LogP contribution in [0.3, 0.4) is 0 Å². The Morgan fingerprint density at radius 2 is 1.38 bits per heavy atom. The highest BCUT2D eigenvalue weighted by atomic mass is 16.4. The molecule has 0 amide bonds. The van der Waals surface area contributed by atoms with E-state index in [0.717, 1.165) is 39.3 Å². The number of hydrogen-bond acceptors (Lipinski definition) is 2. The molecule has 4 aromatic carbocycles. The summed E-state index contributed by atoms with van der Waals surface area (Å²) in [4.78, 5) is 5.98. The molecule has 0 aromatic heterocycles. The second kappa shape index (κ2) is 6.02. The van der Waals surface area contributed by atoms with Gasteiger partial charge in [-0.3, -0.25) is 0 Å². The van der Waals surface area contributed by atoms with E-state index in [2.05, 4.69) is 52.2 Å². The highest BCUT2D eigenvalue weighted by molar-refractivity contribution is 6.85. The quantitative estimate of drug-likeness (QED) is 0.339. The van der Waals surface area contributed by atoms with Crippen LogP contribution in [0.15, 0.2) is 91.0 Å². The third-order valence-corrected chi connectivity index (χ3v) is 5.71. The Balaban J connectivity index is 1.71. The number of nitrogens with zero attached hydrogens (tertiary/aromatic N) is 2. The van der Waals surface area contributed by atoms with E-state index in [9.17, 15) is 0 Å². The van der Waals surface area contributed by atoms with Crippen LogP contribution >= 0.6 is 0 Å². The molecule has 0 unspecified atom stereocenters. The summed E-state index contributed by atoms with van der Waals surface area (Å²) in [7, 11) is 0. The van der Waals surface area contributed by atoms with E-state index in [-0.39, 0.29) is 6.92 Å². The van der Waals surface area contributed by atoms with E-state index < -0.39 is 0 Å². The lowest BCUT2D eigenvalue weighted by Crippen LogP contribution is -2.56. The van der Waals surface area contributed by atoms with Crippen LogP contribution in [-0.4, -0.2) is 6.92 Å². The zero-order valence-corrected chi connectivity index (χ0v) is 15.5. The van der Waals surface area contributed by atoms with Gasteiger partial charge in [-0.25, -0.2) is 4.85 Å². The molecule has 0 atom stereocenters. The van der Waals surface area contributed by atoms with Crippen molar-refractivity contribution >= 4 is 40.6 Å². The third kappa shape index (κ3) is 2.19. The van der Waals surface area contributed by atoms with Crippen LogP contribution in [0.5, 0.6) is 5.75 Å². The van der Waals surface area contributed by atoms with E-state index >= 15 is 0 Å². The monoisotopic (exact) mass is 370 g/mol. The van der Waals surface area contributed by atoms with Gasteiger partial charge in [0.15, 0.2) is 0 Å². The minimum Gasteiger partial charge on any atom is -0.551 e. The Bertz CT molecular complexity index is 1320. The molecule has 0 spiro atoms. The van der Waals surface area contributed by atoms with Gasteiger partial charge in [-0.15, -0.1) is 0 Å². The van der Waals surface area contributed by atoms with Crippen LogP contribution in [0.25, 0.3) is 16.0 Å². The zero-order valence-electron chi connectivity index (χ0n) is 15.5. The summed E-state index contributed by atoms with van der Waals surface area (Å²) < 4.78 is 6.52. The lowest BCUT2D eigenvalue weighted by atomic mass is 9.49. The van der Waals surface area contributed by atoms with Crippen molar-refractivity contribution in [1.29, 1.82) is 0 Å². The van der Waals surface area contributed by atoms with Crippen LogP contribution in [0, 0.1) is 6.57 Å². The van der Waals surface area contributed by atoms with Gasteiger partial charge in [-0.1, -0.05) is 66.7 Å². The maximum absolute atomic E-state index is 7.67. The van der Waals surface area contributed by atoms with Crippen molar-refractivity contribution in [3.05, 3.63) is 102 Å². The van der Waals surface area contributed by atoms with E-state index in [1.165, 1.54) is 5.56 Å². The van der Waals surface area contributed by atoms with E-state index in [1.807, 2.05) is 48.5 Å². The number of hydrogen-bond donors (Lipinski definition) is 0. The second-order valence-corrected chi connectivity index (χ2v) is 7.23. The molecule has 3 nitrogen and oxygen atoms in total. The Morgan fingerprint density at radius 1 is 0.690 bits per heavy atom. The first kappa shape index (κ1) is 16.0. The van der Waals surface area contributed by atoms with Crippen LogP contribution in [0.4, 0.5) is 22.7 Å². The summed E-state index contributed by atoms with van der Waals surface area (Å²) >= 11 is 0. The van der Waals surface area contributed by atoms with Gasteiger partial charge in [0, 0.05) is 22.4 Å². The maximum atomic E-state index is 7.67. The van der Waals surface area contributed by atoms with Crippen molar-refractivity contribution in [3.63, 3.8) is 0 Å². The molecular weight excluding hydrogens is 355 g/mol. The first-order valence-electron chi connectivity index (χ1n) is 9.61. The van der Waals surface area contributed by atoms with Crippen molar-refractivity contribution in [2.45, 2.75) is 0 Å². The van der Waals surface area contributed by atoms with Crippen LogP contribution in [-0.2, 0) is 0 Å². The van der Waals surface area contributed by atoms with Crippen LogP contribution in [0.2, 0.25) is 0 Å². The predicted octanol–water partition coefficient (Wildman–Crippen LogP) is 5.19. The van der Waals surface area contributed by atoms with Gasteiger partial charge in [-0.2, -0.15) is 0 Å². The Labute approximate surface area is 169 Å². The number of fused-ring (bicyclic) bond motifs is 4. The summed E-state index contributed by atoms with van der Waals surface area (Å²) in [5.41, 5.74) is 8.21. The third-order valence-electron chi connectivity index (χ3n) is 5.71. The van der Waals surface area contributed by atoms with Crippen molar-refractivity contribution in [1.82, 2.24) is 0 Å².